The largest absolute Gasteiger partial charge is 0.305 e. The summed E-state index contributed by atoms with van der Waals surface area (Å²) in [7, 11) is 0. The van der Waals surface area contributed by atoms with Crippen molar-refractivity contribution >= 4 is 0 Å². The van der Waals surface area contributed by atoms with Crippen LogP contribution < -0.4 is 5.32 Å². The van der Waals surface area contributed by atoms with Gasteiger partial charge in [-0.3, -0.25) is 0 Å². The molecule has 1 unspecified atom stereocenters. The zero-order valence-electron chi connectivity index (χ0n) is 12.8. The molecular weight excluding hydrogens is 244 g/mol. The van der Waals surface area contributed by atoms with Crippen LogP contribution in [-0.2, 0) is 0 Å². The minimum absolute atomic E-state index is 0.0209. The average Bonchev–Trinajstić information content (AvgIpc) is 2.17. The van der Waals surface area contributed by atoms with Crippen molar-refractivity contribution in [2.75, 3.05) is 0 Å². The first-order valence-electron chi connectivity index (χ1n) is 6.73. The summed E-state index contributed by atoms with van der Waals surface area (Å²) in [6.07, 6.45) is 0.994. The molecule has 0 saturated heterocycles. The standard InChI is InChI=1S/C16H25F2N/c1-11(12-7-8-13(17)14(18)9-12)19-16(5,6)10-15(2,3)4/h7-9,11,19H,10H2,1-6H3. The molecule has 108 valence electrons. The third-order valence-electron chi connectivity index (χ3n) is 3.02. The predicted octanol–water partition coefficient (Wildman–Crippen LogP) is 4.83. The molecule has 0 saturated carbocycles. The second kappa shape index (κ2) is 5.58. The molecule has 1 nitrogen and oxygen atoms in total. The van der Waals surface area contributed by atoms with Crippen LogP contribution >= 0.6 is 0 Å². The second-order valence-corrected chi connectivity index (χ2v) is 7.16. The van der Waals surface area contributed by atoms with Crippen molar-refractivity contribution in [1.29, 1.82) is 0 Å². The minimum Gasteiger partial charge on any atom is -0.305 e. The van der Waals surface area contributed by atoms with E-state index in [0.717, 1.165) is 12.0 Å². The van der Waals surface area contributed by atoms with E-state index < -0.39 is 11.6 Å². The summed E-state index contributed by atoms with van der Waals surface area (Å²) in [6, 6.07) is 4.05. The lowest BCUT2D eigenvalue weighted by Crippen LogP contribution is -2.43. The van der Waals surface area contributed by atoms with E-state index in [4.69, 9.17) is 0 Å². The summed E-state index contributed by atoms with van der Waals surface area (Å²) in [6.45, 7) is 12.8. The van der Waals surface area contributed by atoms with E-state index in [2.05, 4.69) is 39.9 Å². The Balaban J connectivity index is 2.78. The molecule has 0 spiro atoms. The first-order valence-corrected chi connectivity index (χ1v) is 6.73. The van der Waals surface area contributed by atoms with Crippen molar-refractivity contribution < 1.29 is 8.78 Å². The van der Waals surface area contributed by atoms with Gasteiger partial charge in [0.25, 0.3) is 0 Å². The maximum absolute atomic E-state index is 13.2. The lowest BCUT2D eigenvalue weighted by atomic mass is 9.81. The molecule has 1 aromatic rings. The summed E-state index contributed by atoms with van der Waals surface area (Å²) in [4.78, 5) is 0. The second-order valence-electron chi connectivity index (χ2n) is 7.16. The quantitative estimate of drug-likeness (QED) is 0.825. The number of benzene rings is 1. The van der Waals surface area contributed by atoms with Crippen LogP contribution in [0.4, 0.5) is 8.78 Å². The normalized spacial score (nSPS) is 14.5. The molecule has 0 radical (unpaired) electrons. The van der Waals surface area contributed by atoms with Crippen molar-refractivity contribution in [2.24, 2.45) is 5.41 Å². The van der Waals surface area contributed by atoms with Gasteiger partial charge in [0, 0.05) is 11.6 Å². The van der Waals surface area contributed by atoms with Gasteiger partial charge < -0.3 is 5.32 Å². The van der Waals surface area contributed by atoms with Crippen molar-refractivity contribution in [3.63, 3.8) is 0 Å². The van der Waals surface area contributed by atoms with Crippen LogP contribution in [0.1, 0.15) is 59.6 Å². The highest BCUT2D eigenvalue weighted by Crippen LogP contribution is 2.29. The van der Waals surface area contributed by atoms with E-state index in [1.54, 1.807) is 6.07 Å². The molecule has 0 aliphatic carbocycles. The molecule has 1 atom stereocenters. The van der Waals surface area contributed by atoms with Crippen LogP contribution in [0.5, 0.6) is 0 Å². The van der Waals surface area contributed by atoms with Crippen LogP contribution in [0.25, 0.3) is 0 Å². The molecule has 0 bridgehead atoms. The average molecular weight is 269 g/mol. The Morgan fingerprint density at radius 1 is 1.05 bits per heavy atom. The number of rotatable bonds is 4. The van der Waals surface area contributed by atoms with Gasteiger partial charge >= 0.3 is 0 Å². The monoisotopic (exact) mass is 269 g/mol. The highest BCUT2D eigenvalue weighted by Gasteiger charge is 2.27. The zero-order chi connectivity index (χ0) is 14.8. The Labute approximate surface area is 115 Å². The minimum atomic E-state index is -0.801. The topological polar surface area (TPSA) is 12.0 Å². The fraction of sp³-hybridized carbons (Fsp3) is 0.625. The fourth-order valence-electron chi connectivity index (χ4n) is 2.83. The van der Waals surface area contributed by atoms with Crippen LogP contribution in [0.2, 0.25) is 0 Å². The van der Waals surface area contributed by atoms with Crippen molar-refractivity contribution in [3.05, 3.63) is 35.4 Å². The molecular formula is C16H25F2N. The summed E-state index contributed by atoms with van der Waals surface area (Å²) in [5, 5.41) is 3.49. The van der Waals surface area contributed by atoms with Gasteiger partial charge in [-0.25, -0.2) is 8.78 Å². The lowest BCUT2D eigenvalue weighted by Gasteiger charge is -2.36. The molecule has 0 fully saturated rings. The first-order chi connectivity index (χ1) is 8.50. The molecule has 0 amide bonds. The smallest absolute Gasteiger partial charge is 0.159 e. The third-order valence-corrected chi connectivity index (χ3v) is 3.02. The maximum atomic E-state index is 13.2. The SMILES string of the molecule is CC(NC(C)(C)CC(C)(C)C)c1ccc(F)c(F)c1. The van der Waals surface area contributed by atoms with Crippen molar-refractivity contribution in [2.45, 2.75) is 59.5 Å². The number of nitrogens with one attached hydrogen (secondary N) is 1. The van der Waals surface area contributed by atoms with E-state index in [0.29, 0.717) is 0 Å². The number of hydrogen-bond acceptors (Lipinski definition) is 1. The molecule has 1 N–H and O–H groups in total. The van der Waals surface area contributed by atoms with Crippen LogP contribution in [0.3, 0.4) is 0 Å². The summed E-state index contributed by atoms with van der Waals surface area (Å²) >= 11 is 0. The molecule has 0 aliphatic rings. The van der Waals surface area contributed by atoms with Gasteiger partial charge in [-0.05, 0) is 50.3 Å². The van der Waals surface area contributed by atoms with Gasteiger partial charge in [-0.1, -0.05) is 26.8 Å². The molecule has 0 aliphatic heterocycles. The van der Waals surface area contributed by atoms with E-state index in [-0.39, 0.29) is 17.0 Å². The zero-order valence-corrected chi connectivity index (χ0v) is 12.8. The molecule has 3 heteroatoms. The highest BCUT2D eigenvalue weighted by molar-refractivity contribution is 5.21. The fourth-order valence-corrected chi connectivity index (χ4v) is 2.83. The van der Waals surface area contributed by atoms with Crippen molar-refractivity contribution in [1.82, 2.24) is 5.32 Å². The molecule has 19 heavy (non-hydrogen) atoms. The molecule has 1 rings (SSSR count). The van der Waals surface area contributed by atoms with Gasteiger partial charge in [0.15, 0.2) is 11.6 Å². The van der Waals surface area contributed by atoms with E-state index in [1.165, 1.54) is 12.1 Å². The van der Waals surface area contributed by atoms with Gasteiger partial charge in [0.05, 0.1) is 0 Å². The third kappa shape index (κ3) is 5.27. The summed E-state index contributed by atoms with van der Waals surface area (Å²) in [5.41, 5.74) is 0.910. The van der Waals surface area contributed by atoms with Gasteiger partial charge in [-0.15, -0.1) is 0 Å². The van der Waals surface area contributed by atoms with Gasteiger partial charge in [0.2, 0.25) is 0 Å². The molecule has 1 aromatic carbocycles. The Bertz CT molecular complexity index is 433. The number of hydrogen-bond donors (Lipinski definition) is 1. The lowest BCUT2D eigenvalue weighted by molar-refractivity contribution is 0.226. The first kappa shape index (κ1) is 16.1. The van der Waals surface area contributed by atoms with Gasteiger partial charge in [-0.2, -0.15) is 0 Å². The summed E-state index contributed by atoms with van der Waals surface area (Å²) < 4.78 is 26.2. The van der Waals surface area contributed by atoms with E-state index in [1.807, 2.05) is 6.92 Å². The van der Waals surface area contributed by atoms with Crippen molar-refractivity contribution in [3.8, 4) is 0 Å². The van der Waals surface area contributed by atoms with Gasteiger partial charge in [0.1, 0.15) is 0 Å². The highest BCUT2D eigenvalue weighted by atomic mass is 19.2. The van der Waals surface area contributed by atoms with E-state index in [9.17, 15) is 8.78 Å². The van der Waals surface area contributed by atoms with E-state index >= 15 is 0 Å². The molecule has 0 aromatic heterocycles. The Morgan fingerprint density at radius 3 is 2.11 bits per heavy atom. The summed E-state index contributed by atoms with van der Waals surface area (Å²) in [5.74, 6) is -1.59. The van der Waals surface area contributed by atoms with Crippen LogP contribution in [-0.4, -0.2) is 5.54 Å². The van der Waals surface area contributed by atoms with Crippen LogP contribution in [0, 0.1) is 17.0 Å². The van der Waals surface area contributed by atoms with Crippen LogP contribution in [0.15, 0.2) is 18.2 Å². The number of halogens is 2. The molecule has 0 heterocycles. The maximum Gasteiger partial charge on any atom is 0.159 e. The Kier molecular flexibility index (Phi) is 4.72. The Morgan fingerprint density at radius 2 is 1.63 bits per heavy atom. The Hall–Kier alpha value is -0.960. The predicted molar refractivity (Wildman–Crippen MR) is 76.1 cm³/mol.